The lowest BCUT2D eigenvalue weighted by atomic mass is 9.87. The number of imidazole rings is 1. The molecule has 1 saturated carbocycles. The summed E-state index contributed by atoms with van der Waals surface area (Å²) in [6.45, 7) is 2.59. The summed E-state index contributed by atoms with van der Waals surface area (Å²) in [5.74, 6) is 0.483. The number of pyridine rings is 1. The molecule has 2 fully saturated rings. The first-order valence-corrected chi connectivity index (χ1v) is 13.9. The Labute approximate surface area is 235 Å². The predicted octanol–water partition coefficient (Wildman–Crippen LogP) is 4.24. The van der Waals surface area contributed by atoms with Crippen molar-refractivity contribution in [1.82, 2.24) is 29.8 Å². The van der Waals surface area contributed by atoms with E-state index < -0.39 is 6.43 Å². The number of aromatic nitrogens is 5. The van der Waals surface area contributed by atoms with Crippen LogP contribution in [0.3, 0.4) is 0 Å². The van der Waals surface area contributed by atoms with Gasteiger partial charge < -0.3 is 19.7 Å². The molecule has 1 aromatic carbocycles. The fraction of sp³-hybridized carbons (Fsp3) is 0.414. The van der Waals surface area contributed by atoms with Gasteiger partial charge >= 0.3 is 0 Å². The zero-order chi connectivity index (χ0) is 28.2. The molecule has 41 heavy (non-hydrogen) atoms. The highest BCUT2D eigenvalue weighted by Crippen LogP contribution is 2.32. The van der Waals surface area contributed by atoms with Crippen molar-refractivity contribution in [2.75, 3.05) is 31.2 Å². The van der Waals surface area contributed by atoms with Gasteiger partial charge in [0.15, 0.2) is 5.82 Å². The molecule has 1 aliphatic carbocycles. The average molecular weight is 564 g/mol. The maximum Gasteiger partial charge on any atom is 0.296 e. The lowest BCUT2D eigenvalue weighted by molar-refractivity contribution is -0.126. The first kappa shape index (κ1) is 27.0. The molecule has 0 spiro atoms. The van der Waals surface area contributed by atoms with Crippen molar-refractivity contribution in [3.8, 4) is 11.7 Å². The average Bonchev–Trinajstić information content (AvgIpc) is 3.41. The number of para-hydroxylation sites is 2. The van der Waals surface area contributed by atoms with Crippen molar-refractivity contribution in [3.63, 3.8) is 0 Å². The van der Waals surface area contributed by atoms with Gasteiger partial charge in [0, 0.05) is 31.3 Å². The van der Waals surface area contributed by atoms with Crippen LogP contribution in [0.2, 0.25) is 0 Å². The number of benzene rings is 1. The van der Waals surface area contributed by atoms with E-state index >= 15 is 0 Å². The van der Waals surface area contributed by atoms with E-state index in [0.29, 0.717) is 81.4 Å². The molecular weight excluding hydrogens is 532 g/mol. The number of ether oxygens (including phenoxy) is 2. The molecule has 6 rings (SSSR count). The van der Waals surface area contributed by atoms with E-state index in [4.69, 9.17) is 9.47 Å². The van der Waals surface area contributed by atoms with Crippen molar-refractivity contribution >= 4 is 22.9 Å². The molecule has 0 unspecified atom stereocenters. The summed E-state index contributed by atoms with van der Waals surface area (Å²) >= 11 is 0. The monoisotopic (exact) mass is 563 g/mol. The van der Waals surface area contributed by atoms with E-state index in [9.17, 15) is 13.6 Å². The van der Waals surface area contributed by atoms with Crippen LogP contribution in [0.4, 0.5) is 14.7 Å². The van der Waals surface area contributed by atoms with Gasteiger partial charge in [0.25, 0.3) is 6.43 Å². The molecule has 1 N–H and O–H groups in total. The zero-order valence-electron chi connectivity index (χ0n) is 22.5. The first-order chi connectivity index (χ1) is 20.0. The quantitative estimate of drug-likeness (QED) is 0.339. The molecule has 1 amide bonds. The third-order valence-corrected chi connectivity index (χ3v) is 7.48. The standard InChI is InChI=1S/C29H31F2N7O3/c30-26(31)27-34-22-6-1-2-7-23(22)38(27)24-17-25(36-29(35-24)37-13-15-40-16-14-37)41-21-10-8-19(9-11-21)28(39)33-18-20-5-3-4-12-32-20/h1-7,12,17,19,21,26H,8-11,13-16,18H2,(H,33,39)/t19-,21-. The Morgan fingerprint density at radius 3 is 2.56 bits per heavy atom. The molecule has 0 bridgehead atoms. The van der Waals surface area contributed by atoms with Gasteiger partial charge in [-0.1, -0.05) is 18.2 Å². The lowest BCUT2D eigenvalue weighted by Gasteiger charge is -2.29. The Morgan fingerprint density at radius 1 is 1.02 bits per heavy atom. The lowest BCUT2D eigenvalue weighted by Crippen LogP contribution is -2.37. The van der Waals surface area contributed by atoms with E-state index in [-0.39, 0.29) is 29.6 Å². The minimum absolute atomic E-state index is 0.0135. The minimum Gasteiger partial charge on any atom is -0.474 e. The van der Waals surface area contributed by atoms with Crippen molar-refractivity contribution in [1.29, 1.82) is 0 Å². The maximum atomic E-state index is 14.1. The molecule has 4 aromatic rings. The number of hydrogen-bond acceptors (Lipinski definition) is 8. The van der Waals surface area contributed by atoms with Crippen LogP contribution >= 0.6 is 0 Å². The third kappa shape index (κ3) is 6.12. The number of rotatable bonds is 8. The van der Waals surface area contributed by atoms with Crippen LogP contribution in [0.1, 0.15) is 43.6 Å². The van der Waals surface area contributed by atoms with E-state index in [1.165, 1.54) is 4.57 Å². The summed E-state index contributed by atoms with van der Waals surface area (Å²) in [4.78, 5) is 32.5. The van der Waals surface area contributed by atoms with Crippen LogP contribution in [-0.4, -0.2) is 62.8 Å². The normalized spacial score (nSPS) is 19.4. The topological polar surface area (TPSA) is 107 Å². The molecule has 1 aliphatic heterocycles. The number of hydrogen-bond donors (Lipinski definition) is 1. The zero-order valence-corrected chi connectivity index (χ0v) is 22.5. The van der Waals surface area contributed by atoms with Gasteiger partial charge in [-0.2, -0.15) is 9.97 Å². The van der Waals surface area contributed by atoms with Gasteiger partial charge in [0.2, 0.25) is 17.7 Å². The number of amides is 1. The molecule has 3 aromatic heterocycles. The fourth-order valence-electron chi connectivity index (χ4n) is 5.35. The van der Waals surface area contributed by atoms with Gasteiger partial charge in [-0.15, -0.1) is 0 Å². The molecule has 4 heterocycles. The summed E-state index contributed by atoms with van der Waals surface area (Å²) in [6.07, 6.45) is 1.44. The van der Waals surface area contributed by atoms with Crippen LogP contribution in [0.25, 0.3) is 16.9 Å². The molecule has 2 aliphatic rings. The Morgan fingerprint density at radius 2 is 1.80 bits per heavy atom. The SMILES string of the molecule is O=C(NCc1ccccn1)[C@H]1CC[C@H](Oc2cc(-n3c(C(F)F)nc4ccccc43)nc(N3CCOCC3)n2)CC1. The number of alkyl halides is 2. The van der Waals surface area contributed by atoms with Crippen molar-refractivity contribution in [2.45, 2.75) is 44.8 Å². The van der Waals surface area contributed by atoms with Crippen LogP contribution in [0, 0.1) is 5.92 Å². The molecule has 12 heteroatoms. The van der Waals surface area contributed by atoms with Crippen molar-refractivity contribution in [2.24, 2.45) is 5.92 Å². The number of carbonyl (C=O) groups is 1. The van der Waals surface area contributed by atoms with Gasteiger partial charge in [-0.25, -0.2) is 13.8 Å². The van der Waals surface area contributed by atoms with Crippen LogP contribution in [0.5, 0.6) is 5.88 Å². The largest absolute Gasteiger partial charge is 0.474 e. The maximum absolute atomic E-state index is 14.1. The highest BCUT2D eigenvalue weighted by Gasteiger charge is 2.29. The van der Waals surface area contributed by atoms with Crippen LogP contribution in [-0.2, 0) is 16.1 Å². The first-order valence-electron chi connectivity index (χ1n) is 13.9. The van der Waals surface area contributed by atoms with Gasteiger partial charge in [0.05, 0.1) is 36.5 Å². The number of fused-ring (bicyclic) bond motifs is 1. The molecule has 0 radical (unpaired) electrons. The van der Waals surface area contributed by atoms with Gasteiger partial charge in [-0.3, -0.25) is 14.3 Å². The highest BCUT2D eigenvalue weighted by atomic mass is 19.3. The Bertz CT molecular complexity index is 1490. The number of halogens is 2. The van der Waals surface area contributed by atoms with E-state index in [2.05, 4.69) is 25.3 Å². The smallest absolute Gasteiger partial charge is 0.296 e. The summed E-state index contributed by atoms with van der Waals surface area (Å²) in [6, 6.07) is 14.2. The molecule has 10 nitrogen and oxygen atoms in total. The van der Waals surface area contributed by atoms with E-state index in [0.717, 1.165) is 5.69 Å². The summed E-state index contributed by atoms with van der Waals surface area (Å²) in [7, 11) is 0. The van der Waals surface area contributed by atoms with Crippen LogP contribution in [0.15, 0.2) is 54.7 Å². The molecule has 0 atom stereocenters. The molecule has 214 valence electrons. The number of morpholine rings is 1. The Balaban J connectivity index is 1.21. The third-order valence-electron chi connectivity index (χ3n) is 7.48. The Kier molecular flexibility index (Phi) is 7.99. The second-order valence-electron chi connectivity index (χ2n) is 10.2. The summed E-state index contributed by atoms with van der Waals surface area (Å²) < 4.78 is 41.4. The highest BCUT2D eigenvalue weighted by molar-refractivity contribution is 5.79. The van der Waals surface area contributed by atoms with Gasteiger partial charge in [-0.05, 0) is 49.9 Å². The Hall–Kier alpha value is -4.19. The number of nitrogens with zero attached hydrogens (tertiary/aromatic N) is 6. The van der Waals surface area contributed by atoms with Gasteiger partial charge in [0.1, 0.15) is 11.9 Å². The second-order valence-corrected chi connectivity index (χ2v) is 10.2. The van der Waals surface area contributed by atoms with E-state index in [1.807, 2.05) is 23.1 Å². The molecule has 1 saturated heterocycles. The number of carbonyl (C=O) groups excluding carboxylic acids is 1. The predicted molar refractivity (Wildman–Crippen MR) is 147 cm³/mol. The summed E-state index contributed by atoms with van der Waals surface area (Å²) in [5.41, 5.74) is 1.79. The minimum atomic E-state index is -2.80. The van der Waals surface area contributed by atoms with E-state index in [1.54, 1.807) is 36.5 Å². The fourth-order valence-corrected chi connectivity index (χ4v) is 5.35. The second kappa shape index (κ2) is 12.1. The van der Waals surface area contributed by atoms with Crippen LogP contribution < -0.4 is 15.0 Å². The summed E-state index contributed by atoms with van der Waals surface area (Å²) in [5, 5.41) is 2.98. The van der Waals surface area contributed by atoms with Crippen molar-refractivity contribution in [3.05, 3.63) is 66.2 Å². The number of nitrogens with one attached hydrogen (secondary N) is 1. The number of anilines is 1. The molecular formula is C29H31F2N7O3. The van der Waals surface area contributed by atoms with Crippen molar-refractivity contribution < 1.29 is 23.0 Å².